The number of hydrogen-bond donors (Lipinski definition) is 1. The first-order valence-electron chi connectivity index (χ1n) is 10.9. The van der Waals surface area contributed by atoms with Gasteiger partial charge in [-0.05, 0) is 48.7 Å². The Bertz CT molecular complexity index is 860. The Hall–Kier alpha value is -3.08. The van der Waals surface area contributed by atoms with Crippen LogP contribution in [0.3, 0.4) is 0 Å². The first kappa shape index (κ1) is 24.2. The number of anilines is 1. The number of methoxy groups -OCH3 is 1. The van der Waals surface area contributed by atoms with Crippen LogP contribution in [0, 0.1) is 5.92 Å². The van der Waals surface area contributed by atoms with Crippen LogP contribution in [0.25, 0.3) is 5.57 Å². The highest BCUT2D eigenvalue weighted by Gasteiger charge is 2.28. The molecule has 0 heterocycles. The molecule has 2 amide bonds. The summed E-state index contributed by atoms with van der Waals surface area (Å²) in [5.74, 6) is -0.729. The highest BCUT2D eigenvalue weighted by atomic mass is 16.5. The van der Waals surface area contributed by atoms with Gasteiger partial charge in [0.05, 0.1) is 7.11 Å². The second-order valence-corrected chi connectivity index (χ2v) is 7.64. The molecule has 0 aliphatic rings. The number of amides is 2. The van der Waals surface area contributed by atoms with E-state index in [4.69, 9.17) is 4.74 Å². The average Bonchev–Trinajstić information content (AvgIpc) is 2.81. The minimum absolute atomic E-state index is 0.267. The Labute approximate surface area is 186 Å². The summed E-state index contributed by atoms with van der Waals surface area (Å²) in [6.45, 7) is 4.66. The molecule has 166 valence electrons. The lowest BCUT2D eigenvalue weighted by molar-refractivity contribution is -0.131. The topological polar surface area (TPSA) is 58.6 Å². The molecule has 0 spiro atoms. The van der Waals surface area contributed by atoms with Crippen LogP contribution in [0.15, 0.2) is 60.7 Å². The maximum Gasteiger partial charge on any atom is 0.243 e. The van der Waals surface area contributed by atoms with Crippen molar-refractivity contribution < 1.29 is 14.3 Å². The van der Waals surface area contributed by atoms with Crippen LogP contribution < -0.4 is 15.0 Å². The van der Waals surface area contributed by atoms with Crippen molar-refractivity contribution in [3.8, 4) is 5.75 Å². The minimum atomic E-state index is -0.904. The summed E-state index contributed by atoms with van der Waals surface area (Å²) >= 11 is 0. The van der Waals surface area contributed by atoms with E-state index in [0.717, 1.165) is 36.8 Å². The van der Waals surface area contributed by atoms with Gasteiger partial charge in [-0.2, -0.15) is 0 Å². The highest BCUT2D eigenvalue weighted by Crippen LogP contribution is 2.22. The lowest BCUT2D eigenvalue weighted by Crippen LogP contribution is -2.41. The van der Waals surface area contributed by atoms with Crippen LogP contribution in [0.5, 0.6) is 5.75 Å². The summed E-state index contributed by atoms with van der Waals surface area (Å²) in [5.41, 5.74) is 2.59. The van der Waals surface area contributed by atoms with Gasteiger partial charge in [-0.3, -0.25) is 9.59 Å². The van der Waals surface area contributed by atoms with Crippen LogP contribution >= 0.6 is 0 Å². The lowest BCUT2D eigenvalue weighted by atomic mass is 9.98. The Morgan fingerprint density at radius 2 is 1.71 bits per heavy atom. The van der Waals surface area contributed by atoms with Crippen molar-refractivity contribution in [3.63, 3.8) is 0 Å². The molecule has 0 saturated carbocycles. The number of hydrogen-bond acceptors (Lipinski definition) is 3. The second kappa shape index (κ2) is 12.6. The summed E-state index contributed by atoms with van der Waals surface area (Å²) < 4.78 is 5.19. The van der Waals surface area contributed by atoms with Gasteiger partial charge in [0.25, 0.3) is 0 Å². The predicted molar refractivity (Wildman–Crippen MR) is 127 cm³/mol. The molecule has 31 heavy (non-hydrogen) atoms. The molecule has 0 saturated heterocycles. The van der Waals surface area contributed by atoms with Crippen molar-refractivity contribution in [3.05, 3.63) is 66.2 Å². The van der Waals surface area contributed by atoms with Gasteiger partial charge in [0.1, 0.15) is 11.7 Å². The molecule has 5 nitrogen and oxygen atoms in total. The van der Waals surface area contributed by atoms with Crippen LogP contribution in [0.2, 0.25) is 0 Å². The number of benzene rings is 2. The van der Waals surface area contributed by atoms with Gasteiger partial charge in [-0.15, -0.1) is 0 Å². The molecular formula is C26H34N2O3. The molecule has 0 fully saturated rings. The molecule has 5 heteroatoms. The van der Waals surface area contributed by atoms with Crippen LogP contribution in [0.4, 0.5) is 5.69 Å². The third kappa shape index (κ3) is 7.28. The second-order valence-electron chi connectivity index (χ2n) is 7.64. The van der Waals surface area contributed by atoms with E-state index >= 15 is 0 Å². The smallest absolute Gasteiger partial charge is 0.243 e. The van der Waals surface area contributed by atoms with Gasteiger partial charge >= 0.3 is 0 Å². The van der Waals surface area contributed by atoms with Gasteiger partial charge in [0.15, 0.2) is 0 Å². The van der Waals surface area contributed by atoms with Gasteiger partial charge in [0.2, 0.25) is 11.8 Å². The minimum Gasteiger partial charge on any atom is -0.497 e. The summed E-state index contributed by atoms with van der Waals surface area (Å²) in [6.07, 6.45) is 6.03. The van der Waals surface area contributed by atoms with Crippen molar-refractivity contribution >= 4 is 23.1 Å². The molecule has 0 radical (unpaired) electrons. The van der Waals surface area contributed by atoms with Crippen molar-refractivity contribution in [1.82, 2.24) is 5.32 Å². The van der Waals surface area contributed by atoms with Gasteiger partial charge < -0.3 is 15.0 Å². The van der Waals surface area contributed by atoms with Crippen LogP contribution in [-0.2, 0) is 9.59 Å². The average molecular weight is 423 g/mol. The monoisotopic (exact) mass is 422 g/mol. The standard InChI is InChI=1S/C26H34N2O3/c1-5-6-7-11-18-27-25(29)24(19-20(2)21-12-9-8-10-13-21)26(30)28(3)22-14-16-23(31-4)17-15-22/h8-10,12-17,19,24H,5-7,11,18H2,1-4H3,(H,27,29)/b20-19+. The molecule has 0 aromatic heterocycles. The third-order valence-electron chi connectivity index (χ3n) is 5.31. The summed E-state index contributed by atoms with van der Waals surface area (Å²) in [5, 5.41) is 2.95. The number of ether oxygens (including phenoxy) is 1. The molecule has 1 unspecified atom stereocenters. The molecule has 0 aliphatic heterocycles. The lowest BCUT2D eigenvalue weighted by Gasteiger charge is -2.22. The number of carbonyl (C=O) groups excluding carboxylic acids is 2. The number of unbranched alkanes of at least 4 members (excludes halogenated alkanes) is 3. The molecule has 2 aromatic carbocycles. The molecule has 0 bridgehead atoms. The molecule has 1 N–H and O–H groups in total. The normalized spacial score (nSPS) is 12.2. The quantitative estimate of drug-likeness (QED) is 0.406. The highest BCUT2D eigenvalue weighted by molar-refractivity contribution is 6.09. The first-order valence-corrected chi connectivity index (χ1v) is 10.9. The van der Waals surface area contributed by atoms with E-state index in [-0.39, 0.29) is 11.8 Å². The molecular weight excluding hydrogens is 388 g/mol. The number of allylic oxidation sites excluding steroid dienone is 1. The molecule has 2 rings (SSSR count). The maximum atomic E-state index is 13.3. The van der Waals surface area contributed by atoms with Crippen molar-refractivity contribution in [1.29, 1.82) is 0 Å². The maximum absolute atomic E-state index is 13.3. The number of rotatable bonds is 11. The molecule has 1 atom stereocenters. The number of nitrogens with one attached hydrogen (secondary N) is 1. The SMILES string of the molecule is CCCCCCNC(=O)C(/C=C(\C)c1ccccc1)C(=O)N(C)c1ccc(OC)cc1. The Morgan fingerprint density at radius 3 is 2.32 bits per heavy atom. The zero-order valence-corrected chi connectivity index (χ0v) is 19.1. The van der Waals surface area contributed by atoms with Gasteiger partial charge in [-0.25, -0.2) is 0 Å². The van der Waals surface area contributed by atoms with Crippen LogP contribution in [-0.4, -0.2) is 32.5 Å². The Morgan fingerprint density at radius 1 is 1.03 bits per heavy atom. The summed E-state index contributed by atoms with van der Waals surface area (Å²) in [4.78, 5) is 27.9. The zero-order valence-electron chi connectivity index (χ0n) is 19.1. The van der Waals surface area contributed by atoms with E-state index in [1.54, 1.807) is 32.4 Å². The van der Waals surface area contributed by atoms with Crippen molar-refractivity contribution in [2.45, 2.75) is 39.5 Å². The Balaban J connectivity index is 2.22. The largest absolute Gasteiger partial charge is 0.497 e. The van der Waals surface area contributed by atoms with Gasteiger partial charge in [0, 0.05) is 19.3 Å². The van der Waals surface area contributed by atoms with E-state index in [1.807, 2.05) is 49.4 Å². The number of carbonyl (C=O) groups is 2. The Kier molecular flexibility index (Phi) is 9.82. The van der Waals surface area contributed by atoms with Crippen LogP contribution in [0.1, 0.15) is 45.1 Å². The first-order chi connectivity index (χ1) is 15.0. The van der Waals surface area contributed by atoms with Crippen molar-refractivity contribution in [2.24, 2.45) is 5.92 Å². The summed E-state index contributed by atoms with van der Waals surface area (Å²) in [6, 6.07) is 17.0. The predicted octanol–water partition coefficient (Wildman–Crippen LogP) is 5.07. The van der Waals surface area contributed by atoms with E-state index in [1.165, 1.54) is 4.90 Å². The third-order valence-corrected chi connectivity index (χ3v) is 5.31. The van der Waals surface area contributed by atoms with Crippen molar-refractivity contribution in [2.75, 3.05) is 25.6 Å². The van der Waals surface area contributed by atoms with E-state index < -0.39 is 5.92 Å². The number of nitrogens with zero attached hydrogens (tertiary/aromatic N) is 1. The molecule has 2 aromatic rings. The zero-order chi connectivity index (χ0) is 22.6. The van der Waals surface area contributed by atoms with E-state index in [9.17, 15) is 9.59 Å². The van der Waals surface area contributed by atoms with Gasteiger partial charge in [-0.1, -0.05) is 62.6 Å². The van der Waals surface area contributed by atoms with E-state index in [0.29, 0.717) is 18.0 Å². The fourth-order valence-corrected chi connectivity index (χ4v) is 3.32. The fourth-order valence-electron chi connectivity index (χ4n) is 3.32. The molecule has 0 aliphatic carbocycles. The summed E-state index contributed by atoms with van der Waals surface area (Å²) in [7, 11) is 3.29. The van der Waals surface area contributed by atoms with E-state index in [2.05, 4.69) is 12.2 Å². The fraction of sp³-hybridized carbons (Fsp3) is 0.385.